The summed E-state index contributed by atoms with van der Waals surface area (Å²) in [6.45, 7) is 0. The first kappa shape index (κ1) is 12.7. The van der Waals surface area contributed by atoms with Crippen LogP contribution in [0.25, 0.3) is 11.5 Å². The number of anilines is 1. The van der Waals surface area contributed by atoms with Crippen molar-refractivity contribution in [2.75, 3.05) is 5.73 Å². The van der Waals surface area contributed by atoms with E-state index in [4.69, 9.17) is 21.9 Å². The van der Waals surface area contributed by atoms with Gasteiger partial charge >= 0.3 is 0 Å². The third-order valence-corrected chi connectivity index (χ3v) is 3.09. The van der Waals surface area contributed by atoms with Crippen molar-refractivity contribution < 1.29 is 4.52 Å². The van der Waals surface area contributed by atoms with Crippen LogP contribution in [-0.4, -0.2) is 10.1 Å². The van der Waals surface area contributed by atoms with Crippen LogP contribution < -0.4 is 5.73 Å². The van der Waals surface area contributed by atoms with Crippen molar-refractivity contribution in [1.82, 2.24) is 10.1 Å². The summed E-state index contributed by atoms with van der Waals surface area (Å²) in [5.41, 5.74) is 8.26. The highest BCUT2D eigenvalue weighted by Crippen LogP contribution is 2.20. The van der Waals surface area contributed by atoms with Gasteiger partial charge in [-0.15, -0.1) is 0 Å². The van der Waals surface area contributed by atoms with E-state index in [0.717, 1.165) is 11.1 Å². The normalized spacial score (nSPS) is 10.7. The molecule has 0 unspecified atom stereocenters. The van der Waals surface area contributed by atoms with Gasteiger partial charge in [-0.3, -0.25) is 0 Å². The van der Waals surface area contributed by atoms with Crippen LogP contribution >= 0.6 is 11.6 Å². The molecule has 0 saturated carbocycles. The lowest BCUT2D eigenvalue weighted by molar-refractivity contribution is 0.424. The molecule has 1 heterocycles. The van der Waals surface area contributed by atoms with Gasteiger partial charge in [0.2, 0.25) is 0 Å². The Kier molecular flexibility index (Phi) is 3.39. The zero-order chi connectivity index (χ0) is 13.9. The molecular weight excluding hydrogens is 274 g/mol. The number of rotatable bonds is 3. The molecule has 1 aromatic heterocycles. The van der Waals surface area contributed by atoms with Gasteiger partial charge in [-0.05, 0) is 35.9 Å². The van der Waals surface area contributed by atoms with E-state index in [2.05, 4.69) is 10.1 Å². The SMILES string of the molecule is Nc1cccc(-c2nc(Cc3cccc(Cl)c3)no2)c1. The van der Waals surface area contributed by atoms with E-state index < -0.39 is 0 Å². The Hall–Kier alpha value is -2.33. The largest absolute Gasteiger partial charge is 0.399 e. The number of aromatic nitrogens is 2. The van der Waals surface area contributed by atoms with Crippen LogP contribution in [0.2, 0.25) is 5.02 Å². The summed E-state index contributed by atoms with van der Waals surface area (Å²) in [7, 11) is 0. The van der Waals surface area contributed by atoms with Crippen LogP contribution in [0, 0.1) is 0 Å². The van der Waals surface area contributed by atoms with Crippen LogP contribution in [0.5, 0.6) is 0 Å². The number of nitrogen functional groups attached to an aromatic ring is 1. The number of nitrogens with zero attached hydrogens (tertiary/aromatic N) is 2. The molecule has 3 aromatic rings. The zero-order valence-corrected chi connectivity index (χ0v) is 11.3. The Morgan fingerprint density at radius 3 is 2.75 bits per heavy atom. The predicted molar refractivity (Wildman–Crippen MR) is 78.4 cm³/mol. The summed E-state index contributed by atoms with van der Waals surface area (Å²) >= 11 is 5.95. The summed E-state index contributed by atoms with van der Waals surface area (Å²) in [5.74, 6) is 1.08. The van der Waals surface area contributed by atoms with Gasteiger partial charge in [-0.25, -0.2) is 0 Å². The van der Waals surface area contributed by atoms with E-state index in [-0.39, 0.29) is 0 Å². The first-order chi connectivity index (χ1) is 9.70. The molecule has 0 bridgehead atoms. The maximum absolute atomic E-state index is 5.95. The molecule has 0 aliphatic rings. The van der Waals surface area contributed by atoms with Crippen molar-refractivity contribution in [1.29, 1.82) is 0 Å². The van der Waals surface area contributed by atoms with Gasteiger partial charge in [0.25, 0.3) is 5.89 Å². The minimum atomic E-state index is 0.467. The number of benzene rings is 2. The summed E-state index contributed by atoms with van der Waals surface area (Å²) < 4.78 is 5.26. The minimum Gasteiger partial charge on any atom is -0.399 e. The summed E-state index contributed by atoms with van der Waals surface area (Å²) in [6, 6.07) is 14.9. The van der Waals surface area contributed by atoms with E-state index >= 15 is 0 Å². The highest BCUT2D eigenvalue weighted by molar-refractivity contribution is 6.30. The predicted octanol–water partition coefficient (Wildman–Crippen LogP) is 3.56. The van der Waals surface area contributed by atoms with Crippen LogP contribution in [0.15, 0.2) is 53.1 Å². The Morgan fingerprint density at radius 2 is 1.95 bits per heavy atom. The highest BCUT2D eigenvalue weighted by Gasteiger charge is 2.09. The Balaban J connectivity index is 1.84. The van der Waals surface area contributed by atoms with E-state index in [1.807, 2.05) is 42.5 Å². The molecule has 100 valence electrons. The molecule has 0 atom stereocenters. The monoisotopic (exact) mass is 285 g/mol. The molecular formula is C15H12ClN3O. The fourth-order valence-corrected chi connectivity index (χ4v) is 2.16. The lowest BCUT2D eigenvalue weighted by Crippen LogP contribution is -1.91. The van der Waals surface area contributed by atoms with E-state index in [0.29, 0.717) is 28.8 Å². The molecule has 0 aliphatic heterocycles. The van der Waals surface area contributed by atoms with Crippen molar-refractivity contribution in [2.45, 2.75) is 6.42 Å². The molecule has 0 amide bonds. The van der Waals surface area contributed by atoms with E-state index in [1.54, 1.807) is 6.07 Å². The van der Waals surface area contributed by atoms with Crippen LogP contribution in [0.1, 0.15) is 11.4 Å². The van der Waals surface area contributed by atoms with Gasteiger partial charge < -0.3 is 10.3 Å². The molecule has 0 radical (unpaired) electrons. The lowest BCUT2D eigenvalue weighted by Gasteiger charge is -1.97. The second-order valence-electron chi connectivity index (χ2n) is 4.45. The number of hydrogen-bond donors (Lipinski definition) is 1. The van der Waals surface area contributed by atoms with E-state index in [1.165, 1.54) is 0 Å². The minimum absolute atomic E-state index is 0.467. The first-order valence-electron chi connectivity index (χ1n) is 6.14. The van der Waals surface area contributed by atoms with Crippen LogP contribution in [0.4, 0.5) is 5.69 Å². The van der Waals surface area contributed by atoms with E-state index in [9.17, 15) is 0 Å². The van der Waals surface area contributed by atoms with Gasteiger partial charge in [-0.2, -0.15) is 4.98 Å². The summed E-state index contributed by atoms with van der Waals surface area (Å²) in [6.07, 6.45) is 0.576. The average Bonchev–Trinajstić information content (AvgIpc) is 2.87. The fourth-order valence-electron chi connectivity index (χ4n) is 1.94. The van der Waals surface area contributed by atoms with Gasteiger partial charge in [0.05, 0.1) is 0 Å². The molecule has 0 saturated heterocycles. The van der Waals surface area contributed by atoms with Gasteiger partial charge in [-0.1, -0.05) is 35.0 Å². The first-order valence-corrected chi connectivity index (χ1v) is 6.51. The molecule has 4 nitrogen and oxygen atoms in total. The van der Waals surface area contributed by atoms with Crippen molar-refractivity contribution >= 4 is 17.3 Å². The van der Waals surface area contributed by atoms with Gasteiger partial charge in [0, 0.05) is 22.7 Å². The fraction of sp³-hybridized carbons (Fsp3) is 0.0667. The maximum atomic E-state index is 5.95. The van der Waals surface area contributed by atoms with Crippen molar-refractivity contribution in [3.05, 3.63) is 64.9 Å². The molecule has 0 aliphatic carbocycles. The average molecular weight is 286 g/mol. The summed E-state index contributed by atoms with van der Waals surface area (Å²) in [5, 5.41) is 4.67. The smallest absolute Gasteiger partial charge is 0.258 e. The quantitative estimate of drug-likeness (QED) is 0.747. The molecule has 0 fully saturated rings. The Labute approximate surface area is 121 Å². The van der Waals surface area contributed by atoms with Crippen LogP contribution in [0.3, 0.4) is 0 Å². The third kappa shape index (κ3) is 2.81. The van der Waals surface area contributed by atoms with Crippen molar-refractivity contribution in [3.8, 4) is 11.5 Å². The van der Waals surface area contributed by atoms with Gasteiger partial charge in [0.1, 0.15) is 0 Å². The Bertz CT molecular complexity index is 739. The standard InChI is InChI=1S/C15H12ClN3O/c16-12-5-1-3-10(7-12)8-14-18-15(20-19-14)11-4-2-6-13(17)9-11/h1-7,9H,8,17H2. The summed E-state index contributed by atoms with van der Waals surface area (Å²) in [4.78, 5) is 4.37. The number of halogens is 1. The maximum Gasteiger partial charge on any atom is 0.258 e. The second kappa shape index (κ2) is 5.35. The third-order valence-electron chi connectivity index (χ3n) is 2.85. The number of hydrogen-bond acceptors (Lipinski definition) is 4. The molecule has 0 spiro atoms. The molecule has 3 rings (SSSR count). The number of nitrogens with two attached hydrogens (primary N) is 1. The molecule has 20 heavy (non-hydrogen) atoms. The molecule has 2 N–H and O–H groups in total. The topological polar surface area (TPSA) is 64.9 Å². The Morgan fingerprint density at radius 1 is 1.10 bits per heavy atom. The lowest BCUT2D eigenvalue weighted by atomic mass is 10.1. The van der Waals surface area contributed by atoms with Crippen molar-refractivity contribution in [2.24, 2.45) is 0 Å². The zero-order valence-electron chi connectivity index (χ0n) is 10.6. The highest BCUT2D eigenvalue weighted by atomic mass is 35.5. The molecule has 5 heteroatoms. The van der Waals surface area contributed by atoms with Gasteiger partial charge in [0.15, 0.2) is 5.82 Å². The molecule has 2 aromatic carbocycles. The van der Waals surface area contributed by atoms with Crippen LogP contribution in [-0.2, 0) is 6.42 Å². The second-order valence-corrected chi connectivity index (χ2v) is 4.88. The van der Waals surface area contributed by atoms with Crippen molar-refractivity contribution in [3.63, 3.8) is 0 Å².